The fourth-order valence-electron chi connectivity index (χ4n) is 2.98. The summed E-state index contributed by atoms with van der Waals surface area (Å²) in [5, 5.41) is 4.28. The fraction of sp³-hybridized carbons (Fsp3) is 0.444. The highest BCUT2D eigenvalue weighted by Gasteiger charge is 2.30. The molecule has 5 heteroatoms. The Morgan fingerprint density at radius 3 is 2.87 bits per heavy atom. The summed E-state index contributed by atoms with van der Waals surface area (Å²) in [6.45, 7) is 5.76. The molecule has 5 nitrogen and oxygen atoms in total. The second-order valence-electron chi connectivity index (χ2n) is 6.55. The summed E-state index contributed by atoms with van der Waals surface area (Å²) in [5.41, 5.74) is 3.57. The van der Waals surface area contributed by atoms with E-state index >= 15 is 0 Å². The molecule has 0 N–H and O–H groups in total. The van der Waals surface area contributed by atoms with Crippen LogP contribution in [0, 0.1) is 5.92 Å². The first-order valence-corrected chi connectivity index (χ1v) is 8.02. The van der Waals surface area contributed by atoms with Crippen LogP contribution in [0.1, 0.15) is 36.5 Å². The standard InChI is InChI=1S/C18H23N3O2/c1-13(2)12-23-18(22)21-10-14-6-4-5-7-16(14)17(11-21)15-8-19-20(3)9-15/h4-9,13,17H,10-12H2,1-3H3. The van der Waals surface area contributed by atoms with Gasteiger partial charge < -0.3 is 9.64 Å². The van der Waals surface area contributed by atoms with Gasteiger partial charge in [-0.05, 0) is 22.6 Å². The maximum absolute atomic E-state index is 12.4. The van der Waals surface area contributed by atoms with Gasteiger partial charge in [0.15, 0.2) is 0 Å². The van der Waals surface area contributed by atoms with Gasteiger partial charge in [-0.15, -0.1) is 0 Å². The molecule has 1 aliphatic heterocycles. The summed E-state index contributed by atoms with van der Waals surface area (Å²) in [6.07, 6.45) is 3.66. The van der Waals surface area contributed by atoms with Crippen molar-refractivity contribution in [2.24, 2.45) is 13.0 Å². The lowest BCUT2D eigenvalue weighted by Crippen LogP contribution is -2.39. The molecule has 1 aromatic heterocycles. The number of carbonyl (C=O) groups is 1. The number of nitrogens with zero attached hydrogens (tertiary/aromatic N) is 3. The van der Waals surface area contributed by atoms with Crippen LogP contribution in [0.5, 0.6) is 0 Å². The number of aryl methyl sites for hydroxylation is 1. The molecule has 1 unspecified atom stereocenters. The third kappa shape index (κ3) is 3.38. The third-order valence-corrected chi connectivity index (χ3v) is 4.12. The van der Waals surface area contributed by atoms with Gasteiger partial charge in [-0.25, -0.2) is 4.79 Å². The van der Waals surface area contributed by atoms with Gasteiger partial charge in [-0.3, -0.25) is 4.68 Å². The highest BCUT2D eigenvalue weighted by atomic mass is 16.6. The predicted octanol–water partition coefficient (Wildman–Crippen LogP) is 3.16. The van der Waals surface area contributed by atoms with E-state index in [9.17, 15) is 4.79 Å². The minimum atomic E-state index is -0.234. The number of fused-ring (bicyclic) bond motifs is 1. The first-order valence-electron chi connectivity index (χ1n) is 8.02. The maximum Gasteiger partial charge on any atom is 0.410 e. The number of hydrogen-bond acceptors (Lipinski definition) is 3. The quantitative estimate of drug-likeness (QED) is 0.874. The fourth-order valence-corrected chi connectivity index (χ4v) is 2.98. The average molecular weight is 313 g/mol. The summed E-state index contributed by atoms with van der Waals surface area (Å²) >= 11 is 0. The second-order valence-corrected chi connectivity index (χ2v) is 6.55. The summed E-state index contributed by atoms with van der Waals surface area (Å²) in [6, 6.07) is 8.29. The highest BCUT2D eigenvalue weighted by Crippen LogP contribution is 2.33. The van der Waals surface area contributed by atoms with Gasteiger partial charge >= 0.3 is 6.09 Å². The molecule has 1 amide bonds. The van der Waals surface area contributed by atoms with Gasteiger partial charge in [0, 0.05) is 32.3 Å². The number of amides is 1. The molecule has 0 saturated heterocycles. The summed E-state index contributed by atoms with van der Waals surface area (Å²) < 4.78 is 7.21. The first-order chi connectivity index (χ1) is 11.0. The molecule has 2 aromatic rings. The minimum Gasteiger partial charge on any atom is -0.449 e. The summed E-state index contributed by atoms with van der Waals surface area (Å²) in [7, 11) is 1.91. The maximum atomic E-state index is 12.4. The molecule has 2 heterocycles. The Morgan fingerprint density at radius 1 is 1.39 bits per heavy atom. The summed E-state index contributed by atoms with van der Waals surface area (Å²) in [4.78, 5) is 14.2. The number of hydrogen-bond donors (Lipinski definition) is 0. The van der Waals surface area contributed by atoms with Crippen molar-refractivity contribution in [2.45, 2.75) is 26.3 Å². The van der Waals surface area contributed by atoms with E-state index in [2.05, 4.69) is 23.3 Å². The molecule has 0 saturated carbocycles. The van der Waals surface area contributed by atoms with Gasteiger partial charge in [0.2, 0.25) is 0 Å². The van der Waals surface area contributed by atoms with Gasteiger partial charge in [0.25, 0.3) is 0 Å². The van der Waals surface area contributed by atoms with Crippen LogP contribution in [-0.2, 0) is 18.3 Å². The predicted molar refractivity (Wildman–Crippen MR) is 88.1 cm³/mol. The minimum absolute atomic E-state index is 0.139. The average Bonchev–Trinajstić information content (AvgIpc) is 2.97. The van der Waals surface area contributed by atoms with E-state index in [4.69, 9.17) is 4.74 Å². The van der Waals surface area contributed by atoms with Crippen molar-refractivity contribution in [2.75, 3.05) is 13.2 Å². The van der Waals surface area contributed by atoms with E-state index in [0.717, 1.165) is 5.56 Å². The van der Waals surface area contributed by atoms with Crippen LogP contribution in [-0.4, -0.2) is 33.9 Å². The number of benzene rings is 1. The number of rotatable bonds is 3. The topological polar surface area (TPSA) is 47.4 Å². The van der Waals surface area contributed by atoms with Gasteiger partial charge in [0.1, 0.15) is 0 Å². The summed E-state index contributed by atoms with van der Waals surface area (Å²) in [5.74, 6) is 0.477. The normalized spacial score (nSPS) is 17.2. The van der Waals surface area contributed by atoms with Crippen LogP contribution < -0.4 is 0 Å². The van der Waals surface area contributed by atoms with Crippen LogP contribution in [0.2, 0.25) is 0 Å². The van der Waals surface area contributed by atoms with E-state index in [1.165, 1.54) is 11.1 Å². The van der Waals surface area contributed by atoms with Crippen LogP contribution >= 0.6 is 0 Å². The monoisotopic (exact) mass is 313 g/mol. The van der Waals surface area contributed by atoms with Gasteiger partial charge in [-0.2, -0.15) is 5.10 Å². The Labute approximate surface area is 136 Å². The van der Waals surface area contributed by atoms with Crippen molar-refractivity contribution in [3.8, 4) is 0 Å². The molecule has 23 heavy (non-hydrogen) atoms. The molecule has 0 spiro atoms. The van der Waals surface area contributed by atoms with Crippen LogP contribution in [0.4, 0.5) is 4.79 Å². The van der Waals surface area contributed by atoms with Crippen LogP contribution in [0.25, 0.3) is 0 Å². The van der Waals surface area contributed by atoms with E-state index in [1.54, 1.807) is 9.58 Å². The van der Waals surface area contributed by atoms with Crippen molar-refractivity contribution >= 4 is 6.09 Å². The van der Waals surface area contributed by atoms with Gasteiger partial charge in [0.05, 0.1) is 12.8 Å². The zero-order chi connectivity index (χ0) is 16.4. The lowest BCUT2D eigenvalue weighted by atomic mass is 9.86. The lowest BCUT2D eigenvalue weighted by molar-refractivity contribution is 0.0860. The second kappa shape index (κ2) is 6.44. The van der Waals surface area contributed by atoms with Gasteiger partial charge in [-0.1, -0.05) is 38.1 Å². The number of aromatic nitrogens is 2. The molecule has 1 aliphatic rings. The van der Waals surface area contributed by atoms with E-state index in [0.29, 0.717) is 25.6 Å². The molecule has 0 aliphatic carbocycles. The van der Waals surface area contributed by atoms with Crippen LogP contribution in [0.15, 0.2) is 36.7 Å². The van der Waals surface area contributed by atoms with Crippen molar-refractivity contribution in [3.05, 3.63) is 53.3 Å². The SMILES string of the molecule is CC(C)COC(=O)N1Cc2ccccc2C(c2cnn(C)c2)C1. The number of carbonyl (C=O) groups excluding carboxylic acids is 1. The Hall–Kier alpha value is -2.30. The number of ether oxygens (including phenoxy) is 1. The molecular formula is C18H23N3O2. The third-order valence-electron chi connectivity index (χ3n) is 4.12. The Balaban J connectivity index is 1.86. The highest BCUT2D eigenvalue weighted by molar-refractivity contribution is 5.68. The smallest absolute Gasteiger partial charge is 0.410 e. The van der Waals surface area contributed by atoms with Crippen molar-refractivity contribution in [3.63, 3.8) is 0 Å². The largest absolute Gasteiger partial charge is 0.449 e. The molecule has 1 aromatic carbocycles. The van der Waals surface area contributed by atoms with Crippen molar-refractivity contribution < 1.29 is 9.53 Å². The Morgan fingerprint density at radius 2 is 2.17 bits per heavy atom. The van der Waals surface area contributed by atoms with Crippen LogP contribution in [0.3, 0.4) is 0 Å². The zero-order valence-electron chi connectivity index (χ0n) is 13.9. The van der Waals surface area contributed by atoms with E-state index < -0.39 is 0 Å². The van der Waals surface area contributed by atoms with E-state index in [1.807, 2.05) is 39.4 Å². The van der Waals surface area contributed by atoms with Crippen molar-refractivity contribution in [1.82, 2.24) is 14.7 Å². The molecular weight excluding hydrogens is 290 g/mol. The molecule has 3 rings (SSSR count). The first kappa shape index (κ1) is 15.6. The molecule has 1 atom stereocenters. The molecule has 0 bridgehead atoms. The molecule has 0 fully saturated rings. The Bertz CT molecular complexity index is 693. The zero-order valence-corrected chi connectivity index (χ0v) is 13.9. The molecule has 0 radical (unpaired) electrons. The van der Waals surface area contributed by atoms with Crippen molar-refractivity contribution in [1.29, 1.82) is 0 Å². The van der Waals surface area contributed by atoms with E-state index in [-0.39, 0.29) is 12.0 Å². The molecule has 122 valence electrons. The Kier molecular flexibility index (Phi) is 4.37. The lowest BCUT2D eigenvalue weighted by Gasteiger charge is -2.33.